The highest BCUT2D eigenvalue weighted by Gasteiger charge is 2.25. The lowest BCUT2D eigenvalue weighted by molar-refractivity contribution is -0.140. The maximum Gasteiger partial charge on any atom is 0.326 e. The Bertz CT molecular complexity index is 762. The number of carboxylic acids is 1. The molecule has 0 saturated heterocycles. The maximum atomic E-state index is 12.4. The third-order valence-electron chi connectivity index (χ3n) is 3.23. The number of halogens is 2. The molecule has 1 amide bonds. The van der Waals surface area contributed by atoms with Crippen LogP contribution >= 0.6 is 11.3 Å². The average molecular weight is 384 g/mol. The van der Waals surface area contributed by atoms with E-state index in [4.69, 9.17) is 9.84 Å². The van der Waals surface area contributed by atoms with Crippen molar-refractivity contribution in [2.24, 2.45) is 0 Å². The van der Waals surface area contributed by atoms with Crippen molar-refractivity contribution in [2.45, 2.75) is 38.8 Å². The summed E-state index contributed by atoms with van der Waals surface area (Å²) < 4.78 is 30.3. The molecule has 6 nitrogen and oxygen atoms in total. The number of carbonyl (C=O) groups excluding carboxylic acids is 1. The molecule has 0 aliphatic heterocycles. The van der Waals surface area contributed by atoms with E-state index in [2.05, 4.69) is 10.3 Å². The molecular formula is C17H18F2N2O4S. The fraction of sp³-hybridized carbons (Fsp3) is 0.353. The summed E-state index contributed by atoms with van der Waals surface area (Å²) >= 11 is 1.19. The highest BCUT2D eigenvalue weighted by atomic mass is 32.1. The Hall–Kier alpha value is -2.55. The van der Waals surface area contributed by atoms with Crippen LogP contribution in [0.25, 0.3) is 10.6 Å². The van der Waals surface area contributed by atoms with E-state index >= 15 is 0 Å². The Kier molecular flexibility index (Phi) is 6.62. The van der Waals surface area contributed by atoms with Crippen LogP contribution in [-0.4, -0.2) is 40.5 Å². The SMILES string of the molecule is CC(C)Oc1ccc(-c2nc(C(=O)NC(CC(F)F)C(=O)O)cs2)cc1. The molecule has 0 radical (unpaired) electrons. The fourth-order valence-corrected chi connectivity index (χ4v) is 2.90. The number of aliphatic carboxylic acids is 1. The van der Waals surface area contributed by atoms with Crippen LogP contribution in [0.1, 0.15) is 30.8 Å². The van der Waals surface area contributed by atoms with Gasteiger partial charge in [-0.25, -0.2) is 18.6 Å². The molecule has 140 valence electrons. The minimum atomic E-state index is -2.84. The van der Waals surface area contributed by atoms with Crippen LogP contribution in [0, 0.1) is 0 Å². The number of amides is 1. The molecule has 2 rings (SSSR count). The van der Waals surface area contributed by atoms with E-state index in [1.807, 2.05) is 13.8 Å². The van der Waals surface area contributed by atoms with E-state index in [1.165, 1.54) is 16.7 Å². The van der Waals surface area contributed by atoms with Gasteiger partial charge >= 0.3 is 5.97 Å². The molecule has 0 saturated carbocycles. The molecular weight excluding hydrogens is 366 g/mol. The Labute approximate surface area is 152 Å². The number of hydrogen-bond donors (Lipinski definition) is 2. The van der Waals surface area contributed by atoms with Gasteiger partial charge < -0.3 is 15.2 Å². The quantitative estimate of drug-likeness (QED) is 0.728. The zero-order valence-corrected chi connectivity index (χ0v) is 14.9. The molecule has 0 aliphatic rings. The molecule has 0 fully saturated rings. The normalized spacial score (nSPS) is 12.2. The van der Waals surface area contributed by atoms with Gasteiger partial charge in [-0.15, -0.1) is 11.3 Å². The number of rotatable bonds is 8. The van der Waals surface area contributed by atoms with Gasteiger partial charge in [-0.05, 0) is 38.1 Å². The molecule has 0 spiro atoms. The molecule has 1 unspecified atom stereocenters. The average Bonchev–Trinajstić information content (AvgIpc) is 3.04. The van der Waals surface area contributed by atoms with Crippen LogP contribution in [0.5, 0.6) is 5.75 Å². The number of aromatic nitrogens is 1. The van der Waals surface area contributed by atoms with Gasteiger partial charge in [-0.2, -0.15) is 0 Å². The third kappa shape index (κ3) is 5.48. The number of hydrogen-bond acceptors (Lipinski definition) is 5. The molecule has 1 heterocycles. The lowest BCUT2D eigenvalue weighted by Gasteiger charge is -2.12. The number of alkyl halides is 2. The van der Waals surface area contributed by atoms with Crippen molar-refractivity contribution in [3.63, 3.8) is 0 Å². The Morgan fingerprint density at radius 1 is 1.27 bits per heavy atom. The van der Waals surface area contributed by atoms with Crippen molar-refractivity contribution in [3.05, 3.63) is 35.3 Å². The Morgan fingerprint density at radius 3 is 2.46 bits per heavy atom. The standard InChI is InChI=1S/C17H18F2N2O4S/c1-9(2)25-11-5-3-10(4-6-11)16-21-13(8-26-16)15(22)20-12(17(23)24)7-14(18)19/h3-6,8-9,12,14H,7H2,1-2H3,(H,20,22)(H,23,24). The summed E-state index contributed by atoms with van der Waals surface area (Å²) in [6, 6.07) is 5.46. The van der Waals surface area contributed by atoms with Crippen LogP contribution in [0.2, 0.25) is 0 Å². The van der Waals surface area contributed by atoms with Crippen molar-refractivity contribution in [3.8, 4) is 16.3 Å². The number of nitrogens with zero attached hydrogens (tertiary/aromatic N) is 1. The predicted molar refractivity (Wildman–Crippen MR) is 92.8 cm³/mol. The van der Waals surface area contributed by atoms with Gasteiger partial charge in [-0.3, -0.25) is 4.79 Å². The van der Waals surface area contributed by atoms with Crippen molar-refractivity contribution in [1.82, 2.24) is 10.3 Å². The number of carboxylic acid groups (broad SMARTS) is 1. The molecule has 0 aliphatic carbocycles. The number of ether oxygens (including phenoxy) is 1. The summed E-state index contributed by atoms with van der Waals surface area (Å²) in [5.74, 6) is -1.62. The van der Waals surface area contributed by atoms with Crippen molar-refractivity contribution in [1.29, 1.82) is 0 Å². The first-order valence-electron chi connectivity index (χ1n) is 7.80. The van der Waals surface area contributed by atoms with Crippen LogP contribution in [0.4, 0.5) is 8.78 Å². The Balaban J connectivity index is 2.08. The van der Waals surface area contributed by atoms with Crippen molar-refractivity contribution in [2.75, 3.05) is 0 Å². The van der Waals surface area contributed by atoms with E-state index in [0.29, 0.717) is 10.8 Å². The first-order valence-corrected chi connectivity index (χ1v) is 8.68. The number of benzene rings is 1. The summed E-state index contributed by atoms with van der Waals surface area (Å²) in [7, 11) is 0. The molecule has 1 atom stereocenters. The molecule has 0 bridgehead atoms. The van der Waals surface area contributed by atoms with Gasteiger partial charge in [-0.1, -0.05) is 0 Å². The number of thiazole rings is 1. The molecule has 26 heavy (non-hydrogen) atoms. The summed E-state index contributed by atoms with van der Waals surface area (Å²) in [4.78, 5) is 27.2. The predicted octanol–water partition coefficient (Wildman–Crippen LogP) is 3.44. The third-order valence-corrected chi connectivity index (χ3v) is 4.12. The van der Waals surface area contributed by atoms with E-state index in [0.717, 1.165) is 5.56 Å². The number of carbonyl (C=O) groups is 2. The molecule has 1 aromatic carbocycles. The first-order chi connectivity index (χ1) is 12.3. The van der Waals surface area contributed by atoms with E-state index < -0.39 is 30.8 Å². The Morgan fingerprint density at radius 2 is 1.92 bits per heavy atom. The van der Waals surface area contributed by atoms with Crippen molar-refractivity contribution < 1.29 is 28.2 Å². The van der Waals surface area contributed by atoms with Gasteiger partial charge in [0.2, 0.25) is 6.43 Å². The zero-order valence-electron chi connectivity index (χ0n) is 14.1. The number of nitrogens with one attached hydrogen (secondary N) is 1. The van der Waals surface area contributed by atoms with E-state index in [1.54, 1.807) is 24.3 Å². The van der Waals surface area contributed by atoms with Crippen LogP contribution in [0.15, 0.2) is 29.6 Å². The van der Waals surface area contributed by atoms with Crippen molar-refractivity contribution >= 4 is 23.2 Å². The van der Waals surface area contributed by atoms with Crippen LogP contribution in [-0.2, 0) is 4.79 Å². The van der Waals surface area contributed by atoms with Gasteiger partial charge in [0.05, 0.1) is 6.10 Å². The minimum absolute atomic E-state index is 0.0203. The second-order valence-corrected chi connectivity index (χ2v) is 6.58. The van der Waals surface area contributed by atoms with E-state index in [-0.39, 0.29) is 11.8 Å². The molecule has 1 aromatic heterocycles. The zero-order chi connectivity index (χ0) is 19.3. The molecule has 9 heteroatoms. The lowest BCUT2D eigenvalue weighted by atomic mass is 10.2. The fourth-order valence-electron chi connectivity index (χ4n) is 2.09. The topological polar surface area (TPSA) is 88.5 Å². The molecule has 2 aromatic rings. The maximum absolute atomic E-state index is 12.4. The minimum Gasteiger partial charge on any atom is -0.491 e. The van der Waals surface area contributed by atoms with E-state index in [9.17, 15) is 18.4 Å². The van der Waals surface area contributed by atoms with Gasteiger partial charge in [0.1, 0.15) is 22.5 Å². The smallest absolute Gasteiger partial charge is 0.326 e. The first kappa shape index (κ1) is 19.8. The summed E-state index contributed by atoms with van der Waals surface area (Å²) in [6.45, 7) is 3.83. The summed E-state index contributed by atoms with van der Waals surface area (Å²) in [5.41, 5.74) is 0.737. The highest BCUT2D eigenvalue weighted by Crippen LogP contribution is 2.26. The van der Waals surface area contributed by atoms with Crippen LogP contribution < -0.4 is 10.1 Å². The monoisotopic (exact) mass is 384 g/mol. The van der Waals surface area contributed by atoms with Gasteiger partial charge in [0.15, 0.2) is 0 Å². The second-order valence-electron chi connectivity index (χ2n) is 5.72. The lowest BCUT2D eigenvalue weighted by Crippen LogP contribution is -2.42. The largest absolute Gasteiger partial charge is 0.491 e. The van der Waals surface area contributed by atoms with Crippen LogP contribution in [0.3, 0.4) is 0 Å². The summed E-state index contributed by atoms with van der Waals surface area (Å²) in [6.07, 6.45) is -3.75. The van der Waals surface area contributed by atoms with Gasteiger partial charge in [0.25, 0.3) is 5.91 Å². The second kappa shape index (κ2) is 8.70. The van der Waals surface area contributed by atoms with Gasteiger partial charge in [0, 0.05) is 17.4 Å². The molecule has 2 N–H and O–H groups in total. The summed E-state index contributed by atoms with van der Waals surface area (Å²) in [5, 5.41) is 13.0. The highest BCUT2D eigenvalue weighted by molar-refractivity contribution is 7.13.